The third-order valence-electron chi connectivity index (χ3n) is 6.79. The lowest BCUT2D eigenvalue weighted by molar-refractivity contribution is -0.141. The topological polar surface area (TPSA) is 86.8 Å². The molecule has 0 bridgehead atoms. The van der Waals surface area contributed by atoms with Gasteiger partial charge < -0.3 is 10.2 Å². The van der Waals surface area contributed by atoms with Crippen molar-refractivity contribution in [3.63, 3.8) is 0 Å². The van der Waals surface area contributed by atoms with E-state index in [1.807, 2.05) is 57.2 Å². The van der Waals surface area contributed by atoms with Crippen LogP contribution in [0, 0.1) is 12.8 Å². The van der Waals surface area contributed by atoms with Gasteiger partial charge in [0.15, 0.2) is 0 Å². The number of hydrogen-bond acceptors (Lipinski definition) is 4. The number of amides is 2. The first kappa shape index (κ1) is 33.4. The molecule has 1 N–H and O–H groups in total. The molecule has 0 saturated heterocycles. The highest BCUT2D eigenvalue weighted by Crippen LogP contribution is 2.28. The number of nitrogens with zero attached hydrogens (tertiary/aromatic N) is 2. The molecule has 3 aromatic rings. The summed E-state index contributed by atoms with van der Waals surface area (Å²) in [5.41, 5.74) is 2.91. The molecule has 0 aromatic heterocycles. The van der Waals surface area contributed by atoms with Crippen LogP contribution < -0.4 is 9.62 Å². The second kappa shape index (κ2) is 15.4. The minimum Gasteiger partial charge on any atom is -0.354 e. The van der Waals surface area contributed by atoms with Gasteiger partial charge in [0.1, 0.15) is 6.04 Å². The van der Waals surface area contributed by atoms with Crippen LogP contribution >= 0.6 is 23.2 Å². The summed E-state index contributed by atoms with van der Waals surface area (Å²) in [6, 6.07) is 21.0. The Morgan fingerprint density at radius 1 is 0.929 bits per heavy atom. The number of hydrogen-bond donors (Lipinski definition) is 1. The standard InChI is InChI=1S/C32H39Cl2N3O4S/c1-23(2)21-35-32(39)30(20-25-12-6-5-7-13-25)36(22-27-28(33)15-9-16-29(27)34)31(38)17-10-18-37(42(4,40)41)26-14-8-11-24(3)19-26/h5-9,11-16,19,23,30H,10,17-18,20-22H2,1-4H3,(H,35,39)/t30-/m0/s1. The van der Waals surface area contributed by atoms with E-state index >= 15 is 0 Å². The molecule has 0 radical (unpaired) electrons. The summed E-state index contributed by atoms with van der Waals surface area (Å²) in [6.45, 7) is 6.48. The van der Waals surface area contributed by atoms with Crippen LogP contribution in [0.3, 0.4) is 0 Å². The number of halogens is 2. The van der Waals surface area contributed by atoms with Crippen molar-refractivity contribution >= 4 is 50.7 Å². The number of rotatable bonds is 14. The van der Waals surface area contributed by atoms with Crippen LogP contribution in [0.2, 0.25) is 10.0 Å². The van der Waals surface area contributed by atoms with Gasteiger partial charge in [-0.2, -0.15) is 0 Å². The quantitative estimate of drug-likeness (QED) is 0.227. The summed E-state index contributed by atoms with van der Waals surface area (Å²) < 4.78 is 26.6. The maximum atomic E-state index is 14.0. The molecule has 2 amide bonds. The fourth-order valence-electron chi connectivity index (χ4n) is 4.62. The first-order valence-electron chi connectivity index (χ1n) is 13.9. The van der Waals surface area contributed by atoms with Crippen molar-refractivity contribution < 1.29 is 18.0 Å². The lowest BCUT2D eigenvalue weighted by Gasteiger charge is -2.32. The second-order valence-electron chi connectivity index (χ2n) is 10.8. The van der Waals surface area contributed by atoms with E-state index in [4.69, 9.17) is 23.2 Å². The van der Waals surface area contributed by atoms with E-state index < -0.39 is 16.1 Å². The first-order valence-corrected chi connectivity index (χ1v) is 16.6. The number of carbonyl (C=O) groups excluding carboxylic acids is 2. The Morgan fingerprint density at radius 3 is 2.17 bits per heavy atom. The Balaban J connectivity index is 1.92. The molecule has 1 atom stereocenters. The largest absolute Gasteiger partial charge is 0.354 e. The third kappa shape index (κ3) is 9.75. The van der Waals surface area contributed by atoms with Gasteiger partial charge in [-0.15, -0.1) is 0 Å². The average Bonchev–Trinajstić information content (AvgIpc) is 2.92. The molecule has 42 heavy (non-hydrogen) atoms. The molecular formula is C32H39Cl2N3O4S. The zero-order valence-electron chi connectivity index (χ0n) is 24.5. The first-order chi connectivity index (χ1) is 19.9. The zero-order chi connectivity index (χ0) is 30.9. The third-order valence-corrected chi connectivity index (χ3v) is 8.69. The van der Waals surface area contributed by atoms with E-state index in [0.29, 0.717) is 27.8 Å². The molecule has 0 fully saturated rings. The lowest BCUT2D eigenvalue weighted by Crippen LogP contribution is -2.51. The Hall–Kier alpha value is -3.07. The van der Waals surface area contributed by atoms with E-state index in [9.17, 15) is 18.0 Å². The van der Waals surface area contributed by atoms with Gasteiger partial charge in [0, 0.05) is 48.1 Å². The summed E-state index contributed by atoms with van der Waals surface area (Å²) in [4.78, 5) is 29.1. The maximum Gasteiger partial charge on any atom is 0.243 e. The molecule has 3 rings (SSSR count). The summed E-state index contributed by atoms with van der Waals surface area (Å²) in [5, 5.41) is 3.77. The average molecular weight is 633 g/mol. The van der Waals surface area contributed by atoms with Crippen LogP contribution in [-0.2, 0) is 32.6 Å². The van der Waals surface area contributed by atoms with E-state index in [2.05, 4.69) is 5.32 Å². The number of aryl methyl sites for hydroxylation is 1. The van der Waals surface area contributed by atoms with Gasteiger partial charge in [-0.25, -0.2) is 8.42 Å². The molecule has 0 aliphatic carbocycles. The second-order valence-corrected chi connectivity index (χ2v) is 13.6. The number of benzene rings is 3. The van der Waals surface area contributed by atoms with Gasteiger partial charge in [-0.05, 0) is 54.7 Å². The summed E-state index contributed by atoms with van der Waals surface area (Å²) >= 11 is 13.0. The molecule has 0 aliphatic rings. The van der Waals surface area contributed by atoms with Crippen LogP contribution in [0.25, 0.3) is 0 Å². The molecule has 3 aromatic carbocycles. The number of carbonyl (C=O) groups is 2. The molecular weight excluding hydrogens is 593 g/mol. The van der Waals surface area contributed by atoms with Crippen molar-refractivity contribution in [3.05, 3.63) is 99.5 Å². The van der Waals surface area contributed by atoms with Gasteiger partial charge in [0.25, 0.3) is 0 Å². The highest BCUT2D eigenvalue weighted by atomic mass is 35.5. The van der Waals surface area contributed by atoms with Gasteiger partial charge in [0.2, 0.25) is 21.8 Å². The molecule has 0 aliphatic heterocycles. The monoisotopic (exact) mass is 631 g/mol. The van der Waals surface area contributed by atoms with Gasteiger partial charge in [-0.3, -0.25) is 13.9 Å². The van der Waals surface area contributed by atoms with Crippen molar-refractivity contribution in [2.24, 2.45) is 5.92 Å². The van der Waals surface area contributed by atoms with E-state index in [0.717, 1.165) is 17.4 Å². The highest BCUT2D eigenvalue weighted by molar-refractivity contribution is 7.92. The maximum absolute atomic E-state index is 14.0. The molecule has 226 valence electrons. The highest BCUT2D eigenvalue weighted by Gasteiger charge is 2.31. The van der Waals surface area contributed by atoms with Gasteiger partial charge >= 0.3 is 0 Å². The summed E-state index contributed by atoms with van der Waals surface area (Å²) in [7, 11) is -3.59. The minimum atomic E-state index is -3.59. The van der Waals surface area contributed by atoms with Crippen molar-refractivity contribution in [1.82, 2.24) is 10.2 Å². The number of nitrogens with one attached hydrogen (secondary N) is 1. The van der Waals surface area contributed by atoms with Crippen LogP contribution in [-0.4, -0.2) is 50.5 Å². The van der Waals surface area contributed by atoms with Crippen LogP contribution in [0.1, 0.15) is 43.4 Å². The molecule has 0 saturated carbocycles. The van der Waals surface area contributed by atoms with Crippen molar-refractivity contribution in [2.75, 3.05) is 23.7 Å². The van der Waals surface area contributed by atoms with E-state index in [1.165, 1.54) is 9.21 Å². The van der Waals surface area contributed by atoms with Crippen LogP contribution in [0.5, 0.6) is 0 Å². The van der Waals surface area contributed by atoms with Crippen LogP contribution in [0.15, 0.2) is 72.8 Å². The zero-order valence-corrected chi connectivity index (χ0v) is 26.8. The smallest absolute Gasteiger partial charge is 0.243 e. The SMILES string of the molecule is Cc1cccc(N(CCCC(=O)N(Cc2c(Cl)cccc2Cl)[C@@H](Cc2ccccc2)C(=O)NCC(C)C)S(C)(=O)=O)c1. The normalized spacial score (nSPS) is 12.2. The minimum absolute atomic E-state index is 0.0165. The summed E-state index contributed by atoms with van der Waals surface area (Å²) in [6.07, 6.45) is 1.70. The van der Waals surface area contributed by atoms with E-state index in [1.54, 1.807) is 36.4 Å². The predicted molar refractivity (Wildman–Crippen MR) is 171 cm³/mol. The Bertz CT molecular complexity index is 1450. The molecule has 10 heteroatoms. The Kier molecular flexibility index (Phi) is 12.3. The van der Waals surface area contributed by atoms with Crippen molar-refractivity contribution in [1.29, 1.82) is 0 Å². The fourth-order valence-corrected chi connectivity index (χ4v) is 6.09. The number of sulfonamides is 1. The Labute approximate surface area is 259 Å². The van der Waals surface area contributed by atoms with Gasteiger partial charge in [-0.1, -0.05) is 85.6 Å². The molecule has 0 spiro atoms. The van der Waals surface area contributed by atoms with Crippen molar-refractivity contribution in [2.45, 2.75) is 52.6 Å². The Morgan fingerprint density at radius 2 is 1.57 bits per heavy atom. The molecule has 0 unspecified atom stereocenters. The fraction of sp³-hybridized carbons (Fsp3) is 0.375. The predicted octanol–water partition coefficient (Wildman–Crippen LogP) is 6.26. The lowest BCUT2D eigenvalue weighted by atomic mass is 10.0. The van der Waals surface area contributed by atoms with Crippen LogP contribution in [0.4, 0.5) is 5.69 Å². The number of anilines is 1. The summed E-state index contributed by atoms with van der Waals surface area (Å²) in [5.74, 6) is -0.358. The van der Waals surface area contributed by atoms with E-state index in [-0.39, 0.29) is 50.1 Å². The van der Waals surface area contributed by atoms with Gasteiger partial charge in [0.05, 0.1) is 11.9 Å². The molecule has 0 heterocycles. The van der Waals surface area contributed by atoms with Crippen molar-refractivity contribution in [3.8, 4) is 0 Å². The molecule has 7 nitrogen and oxygen atoms in total.